The molecule has 0 unspecified atom stereocenters. The standard InChI is InChI=1S/C13H13N5O/c1-7-5-10(19)8(6-15-7)12-16-9-3-4-11(14-2)17-13(9)18-12/h3-6H,1-2H3,(H,15,19)(H2,14,16,17,18). The van der Waals surface area contributed by atoms with Gasteiger partial charge in [0.1, 0.15) is 11.6 Å². The molecule has 3 rings (SSSR count). The highest BCUT2D eigenvalue weighted by atomic mass is 16.1. The van der Waals surface area contributed by atoms with Crippen molar-refractivity contribution < 1.29 is 0 Å². The Balaban J connectivity index is 2.17. The predicted molar refractivity (Wildman–Crippen MR) is 74.2 cm³/mol. The van der Waals surface area contributed by atoms with E-state index in [0.717, 1.165) is 17.0 Å². The van der Waals surface area contributed by atoms with Crippen molar-refractivity contribution in [1.29, 1.82) is 0 Å². The lowest BCUT2D eigenvalue weighted by molar-refractivity contribution is 1.17. The molecular weight excluding hydrogens is 242 g/mol. The van der Waals surface area contributed by atoms with Gasteiger partial charge in [-0.15, -0.1) is 0 Å². The molecule has 0 aliphatic heterocycles. The van der Waals surface area contributed by atoms with Gasteiger partial charge in [0.25, 0.3) is 0 Å². The van der Waals surface area contributed by atoms with E-state index < -0.39 is 0 Å². The summed E-state index contributed by atoms with van der Waals surface area (Å²) in [6.45, 7) is 1.84. The minimum Gasteiger partial charge on any atom is -0.373 e. The second kappa shape index (κ2) is 4.24. The molecular formula is C13H13N5O. The topological polar surface area (TPSA) is 86.5 Å². The molecule has 0 saturated heterocycles. The number of aryl methyl sites for hydroxylation is 1. The number of hydrogen-bond acceptors (Lipinski definition) is 4. The van der Waals surface area contributed by atoms with Gasteiger partial charge in [0.05, 0.1) is 11.1 Å². The summed E-state index contributed by atoms with van der Waals surface area (Å²) < 4.78 is 0. The number of pyridine rings is 2. The van der Waals surface area contributed by atoms with Crippen LogP contribution in [-0.2, 0) is 0 Å². The molecule has 0 atom stereocenters. The minimum atomic E-state index is -0.0656. The van der Waals surface area contributed by atoms with E-state index in [-0.39, 0.29) is 5.43 Å². The van der Waals surface area contributed by atoms with Crippen LogP contribution < -0.4 is 10.7 Å². The molecule has 96 valence electrons. The lowest BCUT2D eigenvalue weighted by Crippen LogP contribution is -2.05. The van der Waals surface area contributed by atoms with Gasteiger partial charge < -0.3 is 15.3 Å². The summed E-state index contributed by atoms with van der Waals surface area (Å²) in [4.78, 5) is 26.7. The van der Waals surface area contributed by atoms with Gasteiger partial charge >= 0.3 is 0 Å². The average Bonchev–Trinajstić information content (AvgIpc) is 2.80. The summed E-state index contributed by atoms with van der Waals surface area (Å²) in [6.07, 6.45) is 1.66. The van der Waals surface area contributed by atoms with Crippen LogP contribution in [0, 0.1) is 6.92 Å². The molecule has 0 aromatic carbocycles. The van der Waals surface area contributed by atoms with Crippen molar-refractivity contribution in [2.75, 3.05) is 12.4 Å². The number of nitrogens with zero attached hydrogens (tertiary/aromatic N) is 2. The number of rotatable bonds is 2. The van der Waals surface area contributed by atoms with E-state index in [4.69, 9.17) is 0 Å². The van der Waals surface area contributed by atoms with E-state index in [1.165, 1.54) is 0 Å². The van der Waals surface area contributed by atoms with Crippen LogP contribution in [0.4, 0.5) is 5.82 Å². The summed E-state index contributed by atoms with van der Waals surface area (Å²) in [5.74, 6) is 1.26. The van der Waals surface area contributed by atoms with Crippen LogP contribution in [0.5, 0.6) is 0 Å². The lowest BCUT2D eigenvalue weighted by atomic mass is 10.2. The summed E-state index contributed by atoms with van der Waals surface area (Å²) >= 11 is 0. The Labute approximate surface area is 108 Å². The first kappa shape index (κ1) is 11.5. The Bertz CT molecular complexity index is 802. The van der Waals surface area contributed by atoms with E-state index >= 15 is 0 Å². The molecule has 0 radical (unpaired) electrons. The van der Waals surface area contributed by atoms with Gasteiger partial charge in [-0.3, -0.25) is 4.79 Å². The van der Waals surface area contributed by atoms with Gasteiger partial charge in [-0.05, 0) is 19.1 Å². The number of aromatic amines is 2. The van der Waals surface area contributed by atoms with Crippen molar-refractivity contribution in [3.8, 4) is 11.4 Å². The molecule has 0 saturated carbocycles. The van der Waals surface area contributed by atoms with E-state index in [1.807, 2.05) is 19.1 Å². The van der Waals surface area contributed by atoms with Gasteiger partial charge in [-0.1, -0.05) is 0 Å². The minimum absolute atomic E-state index is 0.0656. The SMILES string of the molecule is CNc1ccc2[nH]c(-c3c[nH]c(C)cc3=O)nc2n1. The highest BCUT2D eigenvalue weighted by Crippen LogP contribution is 2.17. The molecule has 3 N–H and O–H groups in total. The normalized spacial score (nSPS) is 10.8. The molecule has 0 spiro atoms. The third-order valence-corrected chi connectivity index (χ3v) is 2.91. The zero-order chi connectivity index (χ0) is 13.4. The van der Waals surface area contributed by atoms with Gasteiger partial charge in [-0.25, -0.2) is 9.97 Å². The fourth-order valence-electron chi connectivity index (χ4n) is 1.92. The van der Waals surface area contributed by atoms with Crippen molar-refractivity contribution in [3.63, 3.8) is 0 Å². The molecule has 3 aromatic heterocycles. The smallest absolute Gasteiger partial charge is 0.192 e. The number of fused-ring (bicyclic) bond motifs is 1. The first-order valence-electron chi connectivity index (χ1n) is 5.91. The summed E-state index contributed by atoms with van der Waals surface area (Å²) in [5.41, 5.74) is 2.65. The van der Waals surface area contributed by atoms with Crippen molar-refractivity contribution in [1.82, 2.24) is 19.9 Å². The molecule has 6 heteroatoms. The predicted octanol–water partition coefficient (Wildman–Crippen LogP) is 1.66. The number of hydrogen-bond donors (Lipinski definition) is 3. The maximum absolute atomic E-state index is 11.9. The van der Waals surface area contributed by atoms with Crippen LogP contribution >= 0.6 is 0 Å². The van der Waals surface area contributed by atoms with Crippen LogP contribution in [0.15, 0.2) is 29.2 Å². The van der Waals surface area contributed by atoms with Crippen LogP contribution in [-0.4, -0.2) is 27.0 Å². The third kappa shape index (κ3) is 1.97. The zero-order valence-electron chi connectivity index (χ0n) is 10.6. The van der Waals surface area contributed by atoms with Gasteiger partial charge in [0.2, 0.25) is 0 Å². The van der Waals surface area contributed by atoms with Gasteiger partial charge in [0, 0.05) is 25.0 Å². The largest absolute Gasteiger partial charge is 0.373 e. The highest BCUT2D eigenvalue weighted by molar-refractivity contribution is 5.77. The summed E-state index contributed by atoms with van der Waals surface area (Å²) in [7, 11) is 1.80. The van der Waals surface area contributed by atoms with Crippen molar-refractivity contribution >= 4 is 17.0 Å². The first-order chi connectivity index (χ1) is 9.17. The van der Waals surface area contributed by atoms with Crippen molar-refractivity contribution in [2.45, 2.75) is 6.92 Å². The molecule has 3 aromatic rings. The summed E-state index contributed by atoms with van der Waals surface area (Å²) in [6, 6.07) is 5.28. The fourth-order valence-corrected chi connectivity index (χ4v) is 1.92. The van der Waals surface area contributed by atoms with E-state index in [2.05, 4.69) is 25.3 Å². The van der Waals surface area contributed by atoms with E-state index in [1.54, 1.807) is 19.3 Å². The number of H-pyrrole nitrogens is 2. The number of anilines is 1. The molecule has 0 aliphatic carbocycles. The molecule has 0 bridgehead atoms. The van der Waals surface area contributed by atoms with Crippen LogP contribution in [0.25, 0.3) is 22.6 Å². The zero-order valence-corrected chi connectivity index (χ0v) is 10.6. The quantitative estimate of drug-likeness (QED) is 0.650. The Morgan fingerprint density at radius 1 is 1.26 bits per heavy atom. The van der Waals surface area contributed by atoms with Crippen LogP contribution in [0.3, 0.4) is 0 Å². The fraction of sp³-hybridized carbons (Fsp3) is 0.154. The maximum atomic E-state index is 11.9. The maximum Gasteiger partial charge on any atom is 0.192 e. The van der Waals surface area contributed by atoms with Gasteiger partial charge in [0.15, 0.2) is 11.1 Å². The van der Waals surface area contributed by atoms with Gasteiger partial charge in [-0.2, -0.15) is 0 Å². The van der Waals surface area contributed by atoms with Crippen LogP contribution in [0.2, 0.25) is 0 Å². The Morgan fingerprint density at radius 3 is 2.84 bits per heavy atom. The van der Waals surface area contributed by atoms with Crippen LogP contribution in [0.1, 0.15) is 5.69 Å². The van der Waals surface area contributed by atoms with Crippen molar-refractivity contribution in [3.05, 3.63) is 40.3 Å². The molecule has 0 amide bonds. The molecule has 0 fully saturated rings. The average molecular weight is 255 g/mol. The molecule has 0 aliphatic rings. The first-order valence-corrected chi connectivity index (χ1v) is 5.91. The second-order valence-electron chi connectivity index (χ2n) is 4.30. The monoisotopic (exact) mass is 255 g/mol. The Kier molecular flexibility index (Phi) is 2.56. The second-order valence-corrected chi connectivity index (χ2v) is 4.30. The Hall–Kier alpha value is -2.63. The van der Waals surface area contributed by atoms with E-state index in [9.17, 15) is 4.79 Å². The molecule has 19 heavy (non-hydrogen) atoms. The number of aromatic nitrogens is 4. The van der Waals surface area contributed by atoms with Crippen molar-refractivity contribution in [2.24, 2.45) is 0 Å². The number of imidazole rings is 1. The van der Waals surface area contributed by atoms with E-state index in [0.29, 0.717) is 17.0 Å². The Morgan fingerprint density at radius 2 is 2.11 bits per heavy atom. The highest BCUT2D eigenvalue weighted by Gasteiger charge is 2.10. The molecule has 3 heterocycles. The molecule has 6 nitrogen and oxygen atoms in total. The third-order valence-electron chi connectivity index (χ3n) is 2.91. The summed E-state index contributed by atoms with van der Waals surface area (Å²) in [5, 5.41) is 2.95. The number of nitrogens with one attached hydrogen (secondary N) is 3. The lowest BCUT2D eigenvalue weighted by Gasteiger charge is -1.96.